The summed E-state index contributed by atoms with van der Waals surface area (Å²) in [5.41, 5.74) is 2.28. The van der Waals surface area contributed by atoms with Crippen molar-refractivity contribution >= 4 is 46.7 Å². The lowest BCUT2D eigenvalue weighted by Crippen LogP contribution is -2.48. The number of benzene rings is 2. The van der Waals surface area contributed by atoms with Crippen LogP contribution < -0.4 is 4.90 Å². The Bertz CT molecular complexity index is 976. The van der Waals surface area contributed by atoms with Crippen LogP contribution in [0, 0.1) is 12.8 Å². The molecule has 1 aliphatic heterocycles. The number of piperazine rings is 1. The van der Waals surface area contributed by atoms with E-state index in [-0.39, 0.29) is 11.7 Å². The van der Waals surface area contributed by atoms with Crippen molar-refractivity contribution in [1.82, 2.24) is 9.21 Å². The maximum Gasteiger partial charge on any atom is 0.255 e. The van der Waals surface area contributed by atoms with Gasteiger partial charge in [0.05, 0.1) is 21.3 Å². The molecule has 0 atom stereocenters. The minimum atomic E-state index is -0.0575. The third kappa shape index (κ3) is 5.43. The van der Waals surface area contributed by atoms with Gasteiger partial charge < -0.3 is 14.9 Å². The number of amides is 1. The second-order valence-electron chi connectivity index (χ2n) is 8.38. The topological polar surface area (TPSA) is 47.0 Å². The molecular weight excluding hydrogens is 453 g/mol. The van der Waals surface area contributed by atoms with Gasteiger partial charge in [-0.2, -0.15) is 0 Å². The molecule has 1 heterocycles. The normalized spacial score (nSPS) is 16.8. The molecule has 1 saturated carbocycles. The Morgan fingerprint density at radius 2 is 1.84 bits per heavy atom. The first kappa shape index (κ1) is 22.6. The van der Waals surface area contributed by atoms with E-state index in [1.807, 2.05) is 36.1 Å². The van der Waals surface area contributed by atoms with E-state index in [1.165, 1.54) is 12.8 Å². The molecule has 31 heavy (non-hydrogen) atoms. The lowest BCUT2D eigenvalue weighted by atomic mass is 10.1. The summed E-state index contributed by atoms with van der Waals surface area (Å²) in [6, 6.07) is 9.31. The Labute approximate surface area is 198 Å². The maximum atomic E-state index is 12.9. The summed E-state index contributed by atoms with van der Waals surface area (Å²) in [7, 11) is 2.09. The van der Waals surface area contributed by atoms with Crippen LogP contribution in [-0.2, 0) is 0 Å². The van der Waals surface area contributed by atoms with Gasteiger partial charge in [0.15, 0.2) is 5.75 Å². The van der Waals surface area contributed by atoms with Crippen molar-refractivity contribution in [3.05, 3.63) is 51.5 Å². The lowest BCUT2D eigenvalue weighted by molar-refractivity contribution is 0.0747. The van der Waals surface area contributed by atoms with Crippen LogP contribution in [0.2, 0.25) is 10.0 Å². The van der Waals surface area contributed by atoms with E-state index in [0.29, 0.717) is 41.8 Å². The van der Waals surface area contributed by atoms with Gasteiger partial charge >= 0.3 is 0 Å². The van der Waals surface area contributed by atoms with Crippen LogP contribution in [0.4, 0.5) is 5.69 Å². The number of anilines is 1. The predicted molar refractivity (Wildman–Crippen MR) is 129 cm³/mol. The van der Waals surface area contributed by atoms with Gasteiger partial charge in [0.1, 0.15) is 0 Å². The first-order chi connectivity index (χ1) is 14.8. The highest BCUT2D eigenvalue weighted by Crippen LogP contribution is 2.40. The van der Waals surface area contributed by atoms with Gasteiger partial charge in [-0.25, -0.2) is 4.31 Å². The number of aromatic hydroxyl groups is 1. The van der Waals surface area contributed by atoms with Gasteiger partial charge in [-0.05, 0) is 74.5 Å². The van der Waals surface area contributed by atoms with E-state index in [4.69, 9.17) is 23.2 Å². The van der Waals surface area contributed by atoms with Crippen molar-refractivity contribution in [3.8, 4) is 5.75 Å². The van der Waals surface area contributed by atoms with Gasteiger partial charge in [-0.15, -0.1) is 0 Å². The van der Waals surface area contributed by atoms with Crippen LogP contribution in [0.1, 0.15) is 28.8 Å². The number of hydrogen-bond acceptors (Lipinski definition) is 5. The van der Waals surface area contributed by atoms with Gasteiger partial charge in [0, 0.05) is 37.6 Å². The third-order valence-electron chi connectivity index (χ3n) is 5.75. The van der Waals surface area contributed by atoms with Crippen LogP contribution >= 0.6 is 35.1 Å². The molecule has 5 nitrogen and oxygen atoms in total. The molecule has 2 fully saturated rings. The van der Waals surface area contributed by atoms with Gasteiger partial charge in [-0.1, -0.05) is 29.3 Å². The third-order valence-corrected chi connectivity index (χ3v) is 7.26. The molecule has 166 valence electrons. The van der Waals surface area contributed by atoms with Crippen molar-refractivity contribution in [3.63, 3.8) is 0 Å². The molecule has 0 bridgehead atoms. The summed E-state index contributed by atoms with van der Waals surface area (Å²) in [6.45, 7) is 5.35. The summed E-state index contributed by atoms with van der Waals surface area (Å²) in [5, 5.41) is 11.4. The molecule has 2 aromatic carbocycles. The SMILES string of the molecule is Cc1ccc(C(=O)N2CCN(c3cc(SN(C)CC4CC4)cc(Cl)c3O)CC2)c(Cl)c1. The molecular formula is C23H27Cl2N3O2S. The standard InChI is InChI=1S/C23H27Cl2N3O2S/c1-15-3-6-18(19(24)11-15)23(30)28-9-7-27(8-10-28)21-13-17(12-20(25)22(21)29)31-26(2)14-16-4-5-16/h3,6,11-13,16,29H,4-5,7-10,14H2,1-2H3. The summed E-state index contributed by atoms with van der Waals surface area (Å²) in [5.74, 6) is 0.840. The maximum absolute atomic E-state index is 12.9. The Kier molecular flexibility index (Phi) is 6.92. The summed E-state index contributed by atoms with van der Waals surface area (Å²) < 4.78 is 2.23. The van der Waals surface area contributed by atoms with Crippen LogP contribution in [0.25, 0.3) is 0 Å². The van der Waals surface area contributed by atoms with E-state index >= 15 is 0 Å². The molecule has 1 aliphatic carbocycles. The van der Waals surface area contributed by atoms with Gasteiger partial charge in [0.25, 0.3) is 5.91 Å². The fourth-order valence-corrected chi connectivity index (χ4v) is 5.42. The number of carbonyl (C=O) groups excluding carboxylic acids is 1. The van der Waals surface area contributed by atoms with Crippen molar-refractivity contribution in [1.29, 1.82) is 0 Å². The molecule has 1 saturated heterocycles. The summed E-state index contributed by atoms with van der Waals surface area (Å²) in [4.78, 5) is 17.8. The lowest BCUT2D eigenvalue weighted by Gasteiger charge is -2.36. The highest BCUT2D eigenvalue weighted by atomic mass is 35.5. The highest BCUT2D eigenvalue weighted by Gasteiger charge is 2.27. The zero-order chi connectivity index (χ0) is 22.1. The van der Waals surface area contributed by atoms with Crippen molar-refractivity contribution in [2.45, 2.75) is 24.7 Å². The minimum absolute atomic E-state index is 0.0575. The van der Waals surface area contributed by atoms with Crippen LogP contribution in [0.15, 0.2) is 35.2 Å². The quantitative estimate of drug-likeness (QED) is 0.568. The first-order valence-electron chi connectivity index (χ1n) is 10.5. The number of carbonyl (C=O) groups is 1. The molecule has 0 unspecified atom stereocenters. The van der Waals surface area contributed by atoms with Gasteiger partial charge in [0.2, 0.25) is 0 Å². The molecule has 4 rings (SSSR count). The van der Waals surface area contributed by atoms with E-state index in [9.17, 15) is 9.90 Å². The fraction of sp³-hybridized carbons (Fsp3) is 0.435. The number of nitrogens with zero attached hydrogens (tertiary/aromatic N) is 3. The van der Waals surface area contributed by atoms with Crippen LogP contribution in [0.5, 0.6) is 5.75 Å². The number of phenols is 1. The second-order valence-corrected chi connectivity index (χ2v) is 10.5. The molecule has 1 amide bonds. The average Bonchev–Trinajstić information content (AvgIpc) is 3.54. The van der Waals surface area contributed by atoms with Gasteiger partial charge in [-0.3, -0.25) is 4.79 Å². The number of hydrogen-bond donors (Lipinski definition) is 1. The Balaban J connectivity index is 1.43. The number of phenolic OH excluding ortho intramolecular Hbond substituents is 1. The molecule has 0 aromatic heterocycles. The van der Waals surface area contributed by atoms with E-state index in [0.717, 1.165) is 28.6 Å². The summed E-state index contributed by atoms with van der Waals surface area (Å²) >= 11 is 14.3. The number of rotatable bonds is 6. The Hall–Kier alpha value is -1.60. The predicted octanol–water partition coefficient (Wildman–Crippen LogP) is 5.32. The zero-order valence-corrected chi connectivity index (χ0v) is 20.1. The van der Waals surface area contributed by atoms with Crippen molar-refractivity contribution in [2.24, 2.45) is 5.92 Å². The van der Waals surface area contributed by atoms with Crippen LogP contribution in [-0.4, -0.2) is 60.0 Å². The van der Waals surface area contributed by atoms with Crippen molar-refractivity contribution in [2.75, 3.05) is 44.7 Å². The molecule has 2 aliphatic rings. The second kappa shape index (κ2) is 9.49. The number of aryl methyl sites for hydroxylation is 1. The monoisotopic (exact) mass is 479 g/mol. The van der Waals surface area contributed by atoms with E-state index < -0.39 is 0 Å². The Morgan fingerprint density at radius 3 is 2.48 bits per heavy atom. The average molecular weight is 480 g/mol. The number of halogens is 2. The van der Waals surface area contributed by atoms with E-state index in [2.05, 4.69) is 16.3 Å². The highest BCUT2D eigenvalue weighted by molar-refractivity contribution is 7.97. The fourth-order valence-electron chi connectivity index (χ4n) is 3.85. The van der Waals surface area contributed by atoms with Crippen molar-refractivity contribution < 1.29 is 9.90 Å². The molecule has 0 radical (unpaired) electrons. The minimum Gasteiger partial charge on any atom is -0.504 e. The van der Waals surface area contributed by atoms with Crippen LogP contribution in [0.3, 0.4) is 0 Å². The zero-order valence-electron chi connectivity index (χ0n) is 17.8. The largest absolute Gasteiger partial charge is 0.504 e. The Morgan fingerprint density at radius 1 is 1.13 bits per heavy atom. The summed E-state index contributed by atoms with van der Waals surface area (Å²) in [6.07, 6.45) is 2.62. The molecule has 0 spiro atoms. The first-order valence-corrected chi connectivity index (χ1v) is 12.1. The molecule has 1 N–H and O–H groups in total. The molecule has 2 aromatic rings. The van der Waals surface area contributed by atoms with E-state index in [1.54, 1.807) is 18.0 Å². The molecule has 8 heteroatoms. The smallest absolute Gasteiger partial charge is 0.255 e.